The molecule has 0 aliphatic rings. The van der Waals surface area contributed by atoms with E-state index in [1.54, 1.807) is 0 Å². The van der Waals surface area contributed by atoms with Gasteiger partial charge in [-0.25, -0.2) is 0 Å². The van der Waals surface area contributed by atoms with E-state index in [4.69, 9.17) is 0 Å². The first kappa shape index (κ1) is 8.94. The monoisotopic (exact) mass is 283 g/mol. The van der Waals surface area contributed by atoms with Crippen LogP contribution in [-0.2, 0) is 4.43 Å². The smallest absolute Gasteiger partial charge is 0.0579 e. The predicted octanol–water partition coefficient (Wildman–Crippen LogP) is 3.48. The number of fused-ring (bicyclic) bond motifs is 1. The second kappa shape index (κ2) is 3.62. The molecule has 66 valence electrons. The van der Waals surface area contributed by atoms with E-state index in [2.05, 4.69) is 58.8 Å². The summed E-state index contributed by atoms with van der Waals surface area (Å²) < 4.78 is 0.971. The van der Waals surface area contributed by atoms with Gasteiger partial charge >= 0.3 is 0 Å². The molecule has 0 bridgehead atoms. The number of aryl methyl sites for hydroxylation is 1. The third-order valence-corrected chi connectivity index (χ3v) is 2.96. The Balaban J connectivity index is 2.84. The topological polar surface area (TPSA) is 12.9 Å². The normalized spacial score (nSPS) is 10.6. The lowest BCUT2D eigenvalue weighted by molar-refractivity contribution is 1.22. The van der Waals surface area contributed by atoms with E-state index in [0.717, 1.165) is 4.43 Å². The zero-order valence-electron chi connectivity index (χ0n) is 7.42. The van der Waals surface area contributed by atoms with Gasteiger partial charge in [-0.1, -0.05) is 40.8 Å². The van der Waals surface area contributed by atoms with Crippen LogP contribution in [0.5, 0.6) is 0 Å². The van der Waals surface area contributed by atoms with Crippen LogP contribution in [0.25, 0.3) is 10.8 Å². The lowest BCUT2D eigenvalue weighted by atomic mass is 10.1. The Labute approximate surface area is 91.3 Å². The molecule has 2 aromatic rings. The quantitative estimate of drug-likeness (QED) is 0.577. The molecular weight excluding hydrogens is 273 g/mol. The van der Waals surface area contributed by atoms with E-state index in [0.29, 0.717) is 0 Å². The van der Waals surface area contributed by atoms with Crippen molar-refractivity contribution in [1.82, 2.24) is 4.98 Å². The van der Waals surface area contributed by atoms with Crippen molar-refractivity contribution in [2.75, 3.05) is 0 Å². The molecule has 0 atom stereocenters. The fourth-order valence-corrected chi connectivity index (χ4v) is 2.14. The number of halogens is 1. The van der Waals surface area contributed by atoms with Crippen LogP contribution in [0.15, 0.2) is 30.5 Å². The van der Waals surface area contributed by atoms with Crippen LogP contribution in [0.3, 0.4) is 0 Å². The van der Waals surface area contributed by atoms with Crippen molar-refractivity contribution in [2.45, 2.75) is 11.4 Å². The molecule has 1 aromatic heterocycles. The zero-order valence-corrected chi connectivity index (χ0v) is 9.58. The Kier molecular flexibility index (Phi) is 2.49. The molecule has 2 heteroatoms. The van der Waals surface area contributed by atoms with Crippen molar-refractivity contribution >= 4 is 33.4 Å². The summed E-state index contributed by atoms with van der Waals surface area (Å²) in [5.41, 5.74) is 2.51. The molecule has 0 saturated heterocycles. The first-order chi connectivity index (χ1) is 6.33. The van der Waals surface area contributed by atoms with Crippen LogP contribution < -0.4 is 0 Å². The fraction of sp³-hybridized carbons (Fsp3) is 0.182. The highest BCUT2D eigenvalue weighted by Gasteiger charge is 2.01. The van der Waals surface area contributed by atoms with Crippen LogP contribution in [0.4, 0.5) is 0 Å². The number of hydrogen-bond acceptors (Lipinski definition) is 1. The van der Waals surface area contributed by atoms with Crippen molar-refractivity contribution in [2.24, 2.45) is 0 Å². The molecule has 2 rings (SSSR count). The molecule has 1 heterocycles. The van der Waals surface area contributed by atoms with Crippen molar-refractivity contribution in [3.63, 3.8) is 0 Å². The van der Waals surface area contributed by atoms with Gasteiger partial charge in [0.25, 0.3) is 0 Å². The Morgan fingerprint density at radius 1 is 1.23 bits per heavy atom. The van der Waals surface area contributed by atoms with Crippen LogP contribution in [0.1, 0.15) is 11.3 Å². The lowest BCUT2D eigenvalue weighted by Gasteiger charge is -2.04. The highest BCUT2D eigenvalue weighted by molar-refractivity contribution is 14.1. The van der Waals surface area contributed by atoms with E-state index in [1.807, 2.05) is 6.20 Å². The largest absolute Gasteiger partial charge is 0.260 e. The molecule has 0 N–H and O–H groups in total. The Hall–Kier alpha value is -0.640. The van der Waals surface area contributed by atoms with Crippen LogP contribution in [-0.4, -0.2) is 4.98 Å². The van der Waals surface area contributed by atoms with E-state index in [-0.39, 0.29) is 0 Å². The third kappa shape index (κ3) is 1.55. The van der Waals surface area contributed by atoms with Crippen molar-refractivity contribution in [3.8, 4) is 0 Å². The summed E-state index contributed by atoms with van der Waals surface area (Å²) in [5.74, 6) is 0. The number of hydrogen-bond donors (Lipinski definition) is 0. The maximum absolute atomic E-state index is 4.36. The zero-order chi connectivity index (χ0) is 9.26. The summed E-state index contributed by atoms with van der Waals surface area (Å²) in [6.07, 6.45) is 1.89. The molecule has 0 saturated carbocycles. The molecule has 0 amide bonds. The third-order valence-electron chi connectivity index (χ3n) is 2.23. The number of aromatic nitrogens is 1. The second-order valence-corrected chi connectivity index (χ2v) is 3.82. The van der Waals surface area contributed by atoms with Crippen LogP contribution in [0.2, 0.25) is 0 Å². The molecular formula is C11H10IN. The van der Waals surface area contributed by atoms with Crippen molar-refractivity contribution in [3.05, 3.63) is 41.7 Å². The molecule has 0 unspecified atom stereocenters. The molecule has 1 nitrogen and oxygen atoms in total. The van der Waals surface area contributed by atoms with E-state index < -0.39 is 0 Å². The summed E-state index contributed by atoms with van der Waals surface area (Å²) in [4.78, 5) is 4.36. The fourth-order valence-electron chi connectivity index (χ4n) is 1.53. The van der Waals surface area contributed by atoms with Gasteiger partial charge in [-0.3, -0.25) is 4.98 Å². The number of alkyl halides is 1. The maximum atomic E-state index is 4.36. The molecule has 0 fully saturated rings. The summed E-state index contributed by atoms with van der Waals surface area (Å²) in [5, 5.41) is 2.61. The first-order valence-electron chi connectivity index (χ1n) is 4.22. The summed E-state index contributed by atoms with van der Waals surface area (Å²) >= 11 is 2.35. The molecule has 0 aliphatic carbocycles. The summed E-state index contributed by atoms with van der Waals surface area (Å²) in [6, 6.07) is 8.46. The predicted molar refractivity (Wildman–Crippen MR) is 64.2 cm³/mol. The van der Waals surface area contributed by atoms with Crippen LogP contribution in [0, 0.1) is 6.92 Å². The van der Waals surface area contributed by atoms with Crippen LogP contribution >= 0.6 is 22.6 Å². The van der Waals surface area contributed by atoms with Gasteiger partial charge in [0, 0.05) is 16.0 Å². The average Bonchev–Trinajstić information content (AvgIpc) is 2.18. The minimum Gasteiger partial charge on any atom is -0.260 e. The molecule has 0 radical (unpaired) electrons. The first-order valence-corrected chi connectivity index (χ1v) is 5.74. The van der Waals surface area contributed by atoms with Gasteiger partial charge in [0.15, 0.2) is 0 Å². The Bertz CT molecular complexity index is 437. The standard InChI is InChI=1S/C11H10IN/c1-8-3-2-4-10-9(8)5-6-13-11(10)7-12/h2-6H,7H2,1H3. The van der Waals surface area contributed by atoms with E-state index in [1.165, 1.54) is 22.0 Å². The van der Waals surface area contributed by atoms with Gasteiger partial charge in [-0.15, -0.1) is 0 Å². The number of rotatable bonds is 1. The molecule has 0 spiro atoms. The minimum absolute atomic E-state index is 0.971. The van der Waals surface area contributed by atoms with Gasteiger partial charge < -0.3 is 0 Å². The molecule has 13 heavy (non-hydrogen) atoms. The van der Waals surface area contributed by atoms with Gasteiger partial charge in [0.2, 0.25) is 0 Å². The van der Waals surface area contributed by atoms with Gasteiger partial charge in [0.1, 0.15) is 0 Å². The van der Waals surface area contributed by atoms with Crippen molar-refractivity contribution in [1.29, 1.82) is 0 Å². The maximum Gasteiger partial charge on any atom is 0.0579 e. The molecule has 1 aromatic carbocycles. The van der Waals surface area contributed by atoms with Gasteiger partial charge in [0.05, 0.1) is 5.69 Å². The van der Waals surface area contributed by atoms with E-state index >= 15 is 0 Å². The van der Waals surface area contributed by atoms with Crippen molar-refractivity contribution < 1.29 is 0 Å². The summed E-state index contributed by atoms with van der Waals surface area (Å²) in [6.45, 7) is 2.14. The SMILES string of the molecule is Cc1cccc2c(CI)nccc12. The van der Waals surface area contributed by atoms with E-state index in [9.17, 15) is 0 Å². The lowest BCUT2D eigenvalue weighted by Crippen LogP contribution is -1.87. The summed E-state index contributed by atoms with van der Waals surface area (Å²) in [7, 11) is 0. The number of nitrogens with zero attached hydrogens (tertiary/aromatic N) is 1. The highest BCUT2D eigenvalue weighted by atomic mass is 127. The number of benzene rings is 1. The highest BCUT2D eigenvalue weighted by Crippen LogP contribution is 2.21. The Morgan fingerprint density at radius 3 is 2.85 bits per heavy atom. The van der Waals surface area contributed by atoms with Gasteiger partial charge in [-0.05, 0) is 23.9 Å². The second-order valence-electron chi connectivity index (χ2n) is 3.06. The minimum atomic E-state index is 0.971. The average molecular weight is 283 g/mol. The number of pyridine rings is 1. The molecule has 0 aliphatic heterocycles. The Morgan fingerprint density at radius 2 is 2.08 bits per heavy atom. The van der Waals surface area contributed by atoms with Gasteiger partial charge in [-0.2, -0.15) is 0 Å².